The Bertz CT molecular complexity index is 573. The van der Waals surface area contributed by atoms with E-state index < -0.39 is 0 Å². The molecular weight excluding hydrogens is 264 g/mol. The number of hydrogen-bond acceptors (Lipinski definition) is 6. The summed E-state index contributed by atoms with van der Waals surface area (Å²) < 4.78 is 0. The summed E-state index contributed by atoms with van der Waals surface area (Å²) in [6.45, 7) is 3.85. The standard InChI is InChI=1S/C15H20N6/c16-13-4-7-18-15(20-13)11-21-8-5-12(10-21)9-19-14-3-1-2-6-17-14/h1-4,6-7,12H,5,8-11H2,(H,17,19)(H2,16,18,20)/t12-/m0/s1. The Hall–Kier alpha value is -2.21. The van der Waals surface area contributed by atoms with E-state index in [1.807, 2.05) is 18.2 Å². The topological polar surface area (TPSA) is 80.0 Å². The van der Waals surface area contributed by atoms with Crippen LogP contribution in [0.15, 0.2) is 36.7 Å². The van der Waals surface area contributed by atoms with Crippen molar-refractivity contribution in [1.29, 1.82) is 0 Å². The van der Waals surface area contributed by atoms with E-state index in [9.17, 15) is 0 Å². The number of rotatable bonds is 5. The van der Waals surface area contributed by atoms with Gasteiger partial charge in [0.05, 0.1) is 6.54 Å². The van der Waals surface area contributed by atoms with E-state index in [1.165, 1.54) is 6.42 Å². The highest BCUT2D eigenvalue weighted by molar-refractivity contribution is 5.33. The monoisotopic (exact) mass is 284 g/mol. The minimum Gasteiger partial charge on any atom is -0.384 e. The molecule has 2 aromatic heterocycles. The van der Waals surface area contributed by atoms with E-state index in [1.54, 1.807) is 18.5 Å². The molecule has 110 valence electrons. The molecule has 0 unspecified atom stereocenters. The Morgan fingerprint density at radius 1 is 1.24 bits per heavy atom. The summed E-state index contributed by atoms with van der Waals surface area (Å²) in [5, 5.41) is 3.39. The summed E-state index contributed by atoms with van der Waals surface area (Å²) in [6, 6.07) is 7.63. The second-order valence-corrected chi connectivity index (χ2v) is 5.38. The van der Waals surface area contributed by atoms with E-state index in [-0.39, 0.29) is 0 Å². The van der Waals surface area contributed by atoms with E-state index in [4.69, 9.17) is 5.73 Å². The summed E-state index contributed by atoms with van der Waals surface area (Å²) in [6.07, 6.45) is 4.70. The third kappa shape index (κ3) is 3.88. The molecule has 6 heteroatoms. The molecule has 3 N–H and O–H groups in total. The molecule has 0 spiro atoms. The van der Waals surface area contributed by atoms with Crippen molar-refractivity contribution >= 4 is 11.6 Å². The normalized spacial score (nSPS) is 18.8. The third-order valence-electron chi connectivity index (χ3n) is 3.70. The molecule has 3 heterocycles. The van der Waals surface area contributed by atoms with Crippen LogP contribution in [0.25, 0.3) is 0 Å². The maximum Gasteiger partial charge on any atom is 0.144 e. The summed E-state index contributed by atoms with van der Waals surface area (Å²) >= 11 is 0. The molecule has 0 aromatic carbocycles. The highest BCUT2D eigenvalue weighted by Crippen LogP contribution is 2.18. The van der Waals surface area contributed by atoms with E-state index in [0.29, 0.717) is 11.7 Å². The van der Waals surface area contributed by atoms with Crippen molar-refractivity contribution in [2.45, 2.75) is 13.0 Å². The number of hydrogen-bond donors (Lipinski definition) is 2. The molecule has 0 radical (unpaired) electrons. The summed E-state index contributed by atoms with van der Waals surface area (Å²) in [5.74, 6) is 2.91. The predicted octanol–water partition coefficient (Wildman–Crippen LogP) is 1.39. The Morgan fingerprint density at radius 3 is 3.00 bits per heavy atom. The second kappa shape index (κ2) is 6.49. The molecule has 0 bridgehead atoms. The number of pyridine rings is 1. The van der Waals surface area contributed by atoms with Gasteiger partial charge in [-0.1, -0.05) is 6.07 Å². The lowest BCUT2D eigenvalue weighted by Crippen LogP contribution is -2.23. The van der Waals surface area contributed by atoms with Crippen LogP contribution in [0.1, 0.15) is 12.2 Å². The first kappa shape index (κ1) is 13.8. The molecule has 21 heavy (non-hydrogen) atoms. The van der Waals surface area contributed by atoms with Crippen molar-refractivity contribution in [3.63, 3.8) is 0 Å². The van der Waals surface area contributed by atoms with Gasteiger partial charge in [0.2, 0.25) is 0 Å². The smallest absolute Gasteiger partial charge is 0.144 e. The van der Waals surface area contributed by atoms with Crippen LogP contribution in [0.3, 0.4) is 0 Å². The molecule has 1 fully saturated rings. The van der Waals surface area contributed by atoms with Crippen LogP contribution in [0.2, 0.25) is 0 Å². The van der Waals surface area contributed by atoms with E-state index in [2.05, 4.69) is 25.2 Å². The number of aromatic nitrogens is 3. The lowest BCUT2D eigenvalue weighted by atomic mass is 10.1. The van der Waals surface area contributed by atoms with Crippen molar-refractivity contribution in [2.24, 2.45) is 5.92 Å². The van der Waals surface area contributed by atoms with Gasteiger partial charge in [-0.05, 0) is 37.1 Å². The minimum atomic E-state index is 0.535. The van der Waals surface area contributed by atoms with Crippen LogP contribution >= 0.6 is 0 Å². The van der Waals surface area contributed by atoms with Crippen LogP contribution in [-0.4, -0.2) is 39.5 Å². The molecule has 3 rings (SSSR count). The summed E-state index contributed by atoms with van der Waals surface area (Å²) in [5.41, 5.74) is 5.69. The van der Waals surface area contributed by atoms with Crippen LogP contribution in [-0.2, 0) is 6.54 Å². The van der Waals surface area contributed by atoms with E-state index >= 15 is 0 Å². The molecule has 6 nitrogen and oxygen atoms in total. The fourth-order valence-electron chi connectivity index (χ4n) is 2.63. The Morgan fingerprint density at radius 2 is 2.19 bits per heavy atom. The van der Waals surface area contributed by atoms with Gasteiger partial charge in [-0.3, -0.25) is 4.90 Å². The zero-order valence-corrected chi connectivity index (χ0v) is 11.9. The minimum absolute atomic E-state index is 0.535. The van der Waals surface area contributed by atoms with Crippen molar-refractivity contribution < 1.29 is 0 Å². The molecule has 1 atom stereocenters. The molecular formula is C15H20N6. The largest absolute Gasteiger partial charge is 0.384 e. The number of nitrogen functional groups attached to an aromatic ring is 1. The second-order valence-electron chi connectivity index (χ2n) is 5.38. The SMILES string of the molecule is Nc1ccnc(CN2CC[C@@H](CNc3ccccn3)C2)n1. The molecule has 2 aromatic rings. The highest BCUT2D eigenvalue weighted by atomic mass is 15.2. The van der Waals surface area contributed by atoms with E-state index in [0.717, 1.165) is 37.8 Å². The molecule has 0 saturated carbocycles. The first-order valence-electron chi connectivity index (χ1n) is 7.24. The van der Waals surface area contributed by atoms with Gasteiger partial charge in [0.15, 0.2) is 0 Å². The summed E-state index contributed by atoms with van der Waals surface area (Å²) in [7, 11) is 0. The van der Waals surface area contributed by atoms with Crippen LogP contribution < -0.4 is 11.1 Å². The molecule has 1 aliphatic rings. The van der Waals surface area contributed by atoms with Gasteiger partial charge in [0, 0.05) is 25.5 Å². The lowest BCUT2D eigenvalue weighted by Gasteiger charge is -2.15. The quantitative estimate of drug-likeness (QED) is 0.863. The molecule has 1 saturated heterocycles. The number of nitrogens with two attached hydrogens (primary N) is 1. The average molecular weight is 284 g/mol. The van der Waals surface area contributed by atoms with Crippen molar-refractivity contribution in [1.82, 2.24) is 19.9 Å². The zero-order chi connectivity index (χ0) is 14.5. The Labute approximate surface area is 124 Å². The Balaban J connectivity index is 1.47. The van der Waals surface area contributed by atoms with Gasteiger partial charge >= 0.3 is 0 Å². The number of likely N-dealkylation sites (tertiary alicyclic amines) is 1. The van der Waals surface area contributed by atoms with Gasteiger partial charge in [0.25, 0.3) is 0 Å². The van der Waals surface area contributed by atoms with Gasteiger partial charge in [-0.25, -0.2) is 15.0 Å². The van der Waals surface area contributed by atoms with Gasteiger partial charge in [-0.15, -0.1) is 0 Å². The molecule has 1 aliphatic heterocycles. The van der Waals surface area contributed by atoms with Crippen LogP contribution in [0.5, 0.6) is 0 Å². The number of nitrogens with one attached hydrogen (secondary N) is 1. The predicted molar refractivity (Wildman–Crippen MR) is 82.6 cm³/mol. The average Bonchev–Trinajstić information content (AvgIpc) is 2.94. The Kier molecular flexibility index (Phi) is 4.25. The fraction of sp³-hybridized carbons (Fsp3) is 0.400. The third-order valence-corrected chi connectivity index (χ3v) is 3.70. The molecule has 0 amide bonds. The lowest BCUT2D eigenvalue weighted by molar-refractivity contribution is 0.310. The number of nitrogens with zero attached hydrogens (tertiary/aromatic N) is 4. The van der Waals surface area contributed by atoms with Crippen molar-refractivity contribution in [3.8, 4) is 0 Å². The van der Waals surface area contributed by atoms with Gasteiger partial charge in [-0.2, -0.15) is 0 Å². The van der Waals surface area contributed by atoms with Crippen molar-refractivity contribution in [3.05, 3.63) is 42.5 Å². The maximum absolute atomic E-state index is 5.69. The maximum atomic E-state index is 5.69. The summed E-state index contributed by atoms with van der Waals surface area (Å²) in [4.78, 5) is 15.2. The van der Waals surface area contributed by atoms with Gasteiger partial charge < -0.3 is 11.1 Å². The molecule has 0 aliphatic carbocycles. The highest BCUT2D eigenvalue weighted by Gasteiger charge is 2.22. The van der Waals surface area contributed by atoms with Crippen LogP contribution in [0.4, 0.5) is 11.6 Å². The fourth-order valence-corrected chi connectivity index (χ4v) is 2.63. The first-order valence-corrected chi connectivity index (χ1v) is 7.24. The van der Waals surface area contributed by atoms with Crippen LogP contribution in [0, 0.1) is 5.92 Å². The van der Waals surface area contributed by atoms with Crippen molar-refractivity contribution in [2.75, 3.05) is 30.7 Å². The number of anilines is 2. The van der Waals surface area contributed by atoms with Gasteiger partial charge in [0.1, 0.15) is 17.5 Å². The first-order chi connectivity index (χ1) is 10.3. The zero-order valence-electron chi connectivity index (χ0n) is 11.9.